The smallest absolute Gasteiger partial charge is 0.0617 e. The lowest BCUT2D eigenvalue weighted by atomic mass is 9.95. The first-order chi connectivity index (χ1) is 9.47. The topological polar surface area (TPSA) is 24.5 Å². The average molecular weight is 297 g/mol. The molecule has 0 saturated carbocycles. The van der Waals surface area contributed by atoms with E-state index in [-0.39, 0.29) is 0 Å². The van der Waals surface area contributed by atoms with Gasteiger partial charge in [-0.3, -0.25) is 0 Å². The second kappa shape index (κ2) is 6.68. The van der Waals surface area contributed by atoms with Crippen LogP contribution in [-0.2, 0) is 4.74 Å². The summed E-state index contributed by atoms with van der Waals surface area (Å²) in [6, 6.07) is 6.46. The lowest BCUT2D eigenvalue weighted by Gasteiger charge is -2.33. The maximum absolute atomic E-state index is 6.14. The number of hydrogen-bond donors (Lipinski definition) is 1. The van der Waals surface area contributed by atoms with Crippen molar-refractivity contribution < 1.29 is 4.74 Å². The zero-order valence-electron chi connectivity index (χ0n) is 12.8. The number of nitrogens with zero attached hydrogens (tertiary/aromatic N) is 1. The summed E-state index contributed by atoms with van der Waals surface area (Å²) in [5.41, 5.74) is 2.28. The van der Waals surface area contributed by atoms with Gasteiger partial charge in [0.1, 0.15) is 0 Å². The Morgan fingerprint density at radius 1 is 1.35 bits per heavy atom. The molecule has 1 aromatic carbocycles. The predicted octanol–water partition coefficient (Wildman–Crippen LogP) is 4.02. The van der Waals surface area contributed by atoms with Crippen molar-refractivity contribution in [1.82, 2.24) is 0 Å². The van der Waals surface area contributed by atoms with Gasteiger partial charge in [0.25, 0.3) is 0 Å². The highest BCUT2D eigenvalue weighted by molar-refractivity contribution is 6.31. The molecule has 112 valence electrons. The van der Waals surface area contributed by atoms with Crippen LogP contribution in [0.3, 0.4) is 0 Å². The normalized spacial score (nSPS) is 22.9. The van der Waals surface area contributed by atoms with Crippen LogP contribution < -0.4 is 10.2 Å². The second-order valence-corrected chi connectivity index (χ2v) is 6.51. The molecular weight excluding hydrogens is 272 g/mol. The zero-order valence-corrected chi connectivity index (χ0v) is 13.6. The van der Waals surface area contributed by atoms with Gasteiger partial charge >= 0.3 is 0 Å². The van der Waals surface area contributed by atoms with E-state index in [2.05, 4.69) is 44.2 Å². The molecule has 2 rings (SSSR count). The van der Waals surface area contributed by atoms with Gasteiger partial charge in [-0.2, -0.15) is 0 Å². The standard InChI is InChI=1S/C16H25ClN2O/c1-11(2)16-10-13(7-8-20-16)18-14-9-12(17)5-6-15(14)19(3)4/h5-6,9,11,13,16,18H,7-8,10H2,1-4H3. The number of ether oxygens (including phenoxy) is 1. The Labute approximate surface area is 127 Å². The molecule has 2 unspecified atom stereocenters. The maximum atomic E-state index is 6.14. The molecule has 1 N–H and O–H groups in total. The van der Waals surface area contributed by atoms with E-state index in [1.807, 2.05) is 12.1 Å². The minimum atomic E-state index is 0.350. The van der Waals surface area contributed by atoms with Crippen molar-refractivity contribution in [1.29, 1.82) is 0 Å². The quantitative estimate of drug-likeness (QED) is 0.908. The highest BCUT2D eigenvalue weighted by Crippen LogP contribution is 2.31. The maximum Gasteiger partial charge on any atom is 0.0617 e. The Kier molecular flexibility index (Phi) is 5.17. The van der Waals surface area contributed by atoms with Crippen molar-refractivity contribution >= 4 is 23.0 Å². The summed E-state index contributed by atoms with van der Waals surface area (Å²) >= 11 is 6.14. The Bertz CT molecular complexity index is 448. The monoisotopic (exact) mass is 296 g/mol. The zero-order chi connectivity index (χ0) is 14.7. The fourth-order valence-corrected chi connectivity index (χ4v) is 2.83. The molecular formula is C16H25ClN2O. The van der Waals surface area contributed by atoms with Crippen molar-refractivity contribution in [3.63, 3.8) is 0 Å². The number of halogens is 1. The Balaban J connectivity index is 2.11. The van der Waals surface area contributed by atoms with E-state index < -0.39 is 0 Å². The Morgan fingerprint density at radius 3 is 2.75 bits per heavy atom. The van der Waals surface area contributed by atoms with Crippen LogP contribution in [0.1, 0.15) is 26.7 Å². The van der Waals surface area contributed by atoms with Gasteiger partial charge in [0.15, 0.2) is 0 Å². The molecule has 1 aliphatic heterocycles. The van der Waals surface area contributed by atoms with Crippen LogP contribution in [0.5, 0.6) is 0 Å². The molecule has 4 heteroatoms. The van der Waals surface area contributed by atoms with Crippen LogP contribution in [0.25, 0.3) is 0 Å². The second-order valence-electron chi connectivity index (χ2n) is 6.07. The lowest BCUT2D eigenvalue weighted by Crippen LogP contribution is -2.36. The van der Waals surface area contributed by atoms with E-state index in [0.29, 0.717) is 18.1 Å². The summed E-state index contributed by atoms with van der Waals surface area (Å²) in [6.07, 6.45) is 2.45. The van der Waals surface area contributed by atoms with Crippen LogP contribution in [-0.4, -0.2) is 32.8 Å². The van der Waals surface area contributed by atoms with Crippen LogP contribution in [0.4, 0.5) is 11.4 Å². The fraction of sp³-hybridized carbons (Fsp3) is 0.625. The van der Waals surface area contributed by atoms with E-state index in [0.717, 1.165) is 30.2 Å². The first-order valence-electron chi connectivity index (χ1n) is 7.32. The SMILES string of the molecule is CC(C)C1CC(Nc2cc(Cl)ccc2N(C)C)CCO1. The third-order valence-corrected chi connectivity index (χ3v) is 4.09. The van der Waals surface area contributed by atoms with Crippen LogP contribution in [0.2, 0.25) is 5.02 Å². The van der Waals surface area contributed by atoms with Gasteiger partial charge in [-0.1, -0.05) is 25.4 Å². The Hall–Kier alpha value is -0.930. The molecule has 0 radical (unpaired) electrons. The summed E-state index contributed by atoms with van der Waals surface area (Å²) in [4.78, 5) is 2.11. The van der Waals surface area contributed by atoms with Gasteiger partial charge < -0.3 is 15.0 Å². The van der Waals surface area contributed by atoms with E-state index in [1.54, 1.807) is 0 Å². The molecule has 1 fully saturated rings. The first-order valence-corrected chi connectivity index (χ1v) is 7.70. The molecule has 1 saturated heterocycles. The van der Waals surface area contributed by atoms with Gasteiger partial charge in [-0.25, -0.2) is 0 Å². The number of benzene rings is 1. The van der Waals surface area contributed by atoms with Gasteiger partial charge in [-0.15, -0.1) is 0 Å². The van der Waals surface area contributed by atoms with Crippen molar-refractivity contribution in [2.75, 3.05) is 30.9 Å². The highest BCUT2D eigenvalue weighted by atomic mass is 35.5. The van der Waals surface area contributed by atoms with Gasteiger partial charge in [0, 0.05) is 31.8 Å². The van der Waals surface area contributed by atoms with Crippen molar-refractivity contribution in [2.24, 2.45) is 5.92 Å². The summed E-state index contributed by atoms with van der Waals surface area (Å²) in [5.74, 6) is 0.562. The molecule has 20 heavy (non-hydrogen) atoms. The third-order valence-electron chi connectivity index (χ3n) is 3.86. The summed E-state index contributed by atoms with van der Waals surface area (Å²) < 4.78 is 5.83. The van der Waals surface area contributed by atoms with Crippen molar-refractivity contribution in [3.05, 3.63) is 23.2 Å². The van der Waals surface area contributed by atoms with Gasteiger partial charge in [0.05, 0.1) is 17.5 Å². The molecule has 1 heterocycles. The fourth-order valence-electron chi connectivity index (χ4n) is 2.66. The summed E-state index contributed by atoms with van der Waals surface area (Å²) in [7, 11) is 4.10. The van der Waals surface area contributed by atoms with Crippen molar-refractivity contribution in [3.8, 4) is 0 Å². The summed E-state index contributed by atoms with van der Waals surface area (Å²) in [6.45, 7) is 5.27. The minimum absolute atomic E-state index is 0.350. The highest BCUT2D eigenvalue weighted by Gasteiger charge is 2.25. The molecule has 0 spiro atoms. The molecule has 1 aromatic rings. The van der Waals surface area contributed by atoms with E-state index >= 15 is 0 Å². The molecule has 0 bridgehead atoms. The van der Waals surface area contributed by atoms with Gasteiger partial charge in [-0.05, 0) is 37.0 Å². The Morgan fingerprint density at radius 2 is 2.10 bits per heavy atom. The first kappa shape index (κ1) is 15.5. The predicted molar refractivity (Wildman–Crippen MR) is 87.0 cm³/mol. The molecule has 3 nitrogen and oxygen atoms in total. The molecule has 0 aliphatic carbocycles. The molecule has 1 aliphatic rings. The van der Waals surface area contributed by atoms with Gasteiger partial charge in [0.2, 0.25) is 0 Å². The minimum Gasteiger partial charge on any atom is -0.380 e. The number of hydrogen-bond acceptors (Lipinski definition) is 3. The van der Waals surface area contributed by atoms with Crippen LogP contribution >= 0.6 is 11.6 Å². The third kappa shape index (κ3) is 3.80. The van der Waals surface area contributed by atoms with Crippen LogP contribution in [0, 0.1) is 5.92 Å². The van der Waals surface area contributed by atoms with E-state index in [1.165, 1.54) is 5.69 Å². The van der Waals surface area contributed by atoms with E-state index in [4.69, 9.17) is 16.3 Å². The molecule has 2 atom stereocenters. The molecule has 0 amide bonds. The number of rotatable bonds is 4. The summed E-state index contributed by atoms with van der Waals surface area (Å²) in [5, 5.41) is 4.42. The average Bonchev–Trinajstić information content (AvgIpc) is 2.38. The largest absolute Gasteiger partial charge is 0.380 e. The molecule has 0 aromatic heterocycles. The van der Waals surface area contributed by atoms with Crippen molar-refractivity contribution in [2.45, 2.75) is 38.8 Å². The number of anilines is 2. The van der Waals surface area contributed by atoms with Crippen LogP contribution in [0.15, 0.2) is 18.2 Å². The number of nitrogens with one attached hydrogen (secondary N) is 1. The lowest BCUT2D eigenvalue weighted by molar-refractivity contribution is -0.0160. The van der Waals surface area contributed by atoms with E-state index in [9.17, 15) is 0 Å².